The predicted octanol–water partition coefficient (Wildman–Crippen LogP) is 1.91. The van der Waals surface area contributed by atoms with Crippen LogP contribution in [0.5, 0.6) is 0 Å². The van der Waals surface area contributed by atoms with Gasteiger partial charge in [0.05, 0.1) is 27.9 Å². The standard InChI is InChI=1S/C19H19N7O4S/c27-26(28)16-4-6-17(7-5-16)31(29,30)23-15-13-21-19(22-14-15)25-11-9-24(10-12-25)18-3-1-2-8-20-18/h1-8,13-14,23H,9-12H2. The zero-order valence-corrected chi connectivity index (χ0v) is 17.1. The van der Waals surface area contributed by atoms with Gasteiger partial charge >= 0.3 is 0 Å². The lowest BCUT2D eigenvalue weighted by atomic mass is 10.3. The maximum Gasteiger partial charge on any atom is 0.269 e. The number of aromatic nitrogens is 3. The van der Waals surface area contributed by atoms with E-state index in [1.54, 1.807) is 6.20 Å². The summed E-state index contributed by atoms with van der Waals surface area (Å²) in [6.45, 7) is 2.97. The van der Waals surface area contributed by atoms with Gasteiger partial charge in [-0.05, 0) is 24.3 Å². The second kappa shape index (κ2) is 8.52. The summed E-state index contributed by atoms with van der Waals surface area (Å²) in [7, 11) is -3.91. The first-order valence-electron chi connectivity index (χ1n) is 9.43. The van der Waals surface area contributed by atoms with Crippen LogP contribution in [0.1, 0.15) is 0 Å². The summed E-state index contributed by atoms with van der Waals surface area (Å²) in [5.41, 5.74) is 0.0176. The molecule has 0 saturated carbocycles. The second-order valence-corrected chi connectivity index (χ2v) is 8.47. The predicted molar refractivity (Wildman–Crippen MR) is 115 cm³/mol. The summed E-state index contributed by atoms with van der Waals surface area (Å²) < 4.78 is 27.3. The van der Waals surface area contributed by atoms with Gasteiger partial charge < -0.3 is 9.80 Å². The first-order chi connectivity index (χ1) is 14.9. The van der Waals surface area contributed by atoms with E-state index in [4.69, 9.17) is 0 Å². The van der Waals surface area contributed by atoms with Crippen molar-refractivity contribution in [2.24, 2.45) is 0 Å². The SMILES string of the molecule is O=[N+]([O-])c1ccc(S(=O)(=O)Nc2cnc(N3CCN(c4ccccn4)CC3)nc2)cc1. The fourth-order valence-corrected chi connectivity index (χ4v) is 4.20. The van der Waals surface area contributed by atoms with E-state index >= 15 is 0 Å². The second-order valence-electron chi connectivity index (χ2n) is 6.79. The molecule has 1 saturated heterocycles. The van der Waals surface area contributed by atoms with E-state index in [9.17, 15) is 18.5 Å². The molecule has 1 aliphatic heterocycles. The monoisotopic (exact) mass is 441 g/mol. The molecule has 3 aromatic rings. The van der Waals surface area contributed by atoms with E-state index in [-0.39, 0.29) is 16.3 Å². The van der Waals surface area contributed by atoms with Gasteiger partial charge in [-0.1, -0.05) is 6.07 Å². The van der Waals surface area contributed by atoms with Crippen LogP contribution in [0.4, 0.5) is 23.1 Å². The first kappa shape index (κ1) is 20.5. The highest BCUT2D eigenvalue weighted by molar-refractivity contribution is 7.92. The van der Waals surface area contributed by atoms with Crippen molar-refractivity contribution in [1.82, 2.24) is 15.0 Å². The number of hydrogen-bond acceptors (Lipinski definition) is 9. The minimum atomic E-state index is -3.91. The Hall–Kier alpha value is -3.80. The first-order valence-corrected chi connectivity index (χ1v) is 10.9. The van der Waals surface area contributed by atoms with Crippen molar-refractivity contribution in [3.63, 3.8) is 0 Å². The Kier molecular flexibility index (Phi) is 5.62. The minimum Gasteiger partial charge on any atom is -0.353 e. The summed E-state index contributed by atoms with van der Waals surface area (Å²) in [6.07, 6.45) is 4.56. The van der Waals surface area contributed by atoms with E-state index in [2.05, 4.69) is 24.6 Å². The molecule has 0 aliphatic carbocycles. The summed E-state index contributed by atoms with van der Waals surface area (Å²) in [5.74, 6) is 1.44. The summed E-state index contributed by atoms with van der Waals surface area (Å²) in [5, 5.41) is 10.7. The van der Waals surface area contributed by atoms with Gasteiger partial charge in [0.2, 0.25) is 5.95 Å². The number of benzene rings is 1. The number of piperazine rings is 1. The van der Waals surface area contributed by atoms with Crippen LogP contribution in [0.15, 0.2) is 66.0 Å². The Balaban J connectivity index is 1.39. The van der Waals surface area contributed by atoms with Crippen molar-refractivity contribution in [3.8, 4) is 0 Å². The molecule has 0 bridgehead atoms. The smallest absolute Gasteiger partial charge is 0.269 e. The molecule has 3 heterocycles. The van der Waals surface area contributed by atoms with Crippen LogP contribution in [0.25, 0.3) is 0 Å². The number of nitrogens with zero attached hydrogens (tertiary/aromatic N) is 6. The molecule has 0 spiro atoms. The zero-order valence-electron chi connectivity index (χ0n) is 16.3. The van der Waals surface area contributed by atoms with Gasteiger partial charge in [0.25, 0.3) is 15.7 Å². The number of rotatable bonds is 6. The number of non-ortho nitro benzene ring substituents is 1. The Morgan fingerprint density at radius 3 is 2.13 bits per heavy atom. The van der Waals surface area contributed by atoms with Crippen LogP contribution < -0.4 is 14.5 Å². The quantitative estimate of drug-likeness (QED) is 0.449. The number of nitrogens with one attached hydrogen (secondary N) is 1. The van der Waals surface area contributed by atoms with Crippen LogP contribution in [0, 0.1) is 10.1 Å². The largest absolute Gasteiger partial charge is 0.353 e. The fraction of sp³-hybridized carbons (Fsp3) is 0.211. The Labute approximate surface area is 178 Å². The van der Waals surface area contributed by atoms with Gasteiger partial charge in [-0.25, -0.2) is 23.4 Å². The molecular weight excluding hydrogens is 422 g/mol. The van der Waals surface area contributed by atoms with E-state index < -0.39 is 14.9 Å². The Morgan fingerprint density at radius 1 is 0.903 bits per heavy atom. The summed E-state index contributed by atoms with van der Waals surface area (Å²) in [6, 6.07) is 10.4. The molecule has 0 radical (unpaired) electrons. The van der Waals surface area contributed by atoms with E-state index in [0.717, 1.165) is 31.0 Å². The van der Waals surface area contributed by atoms with E-state index in [1.165, 1.54) is 24.5 Å². The van der Waals surface area contributed by atoms with Crippen LogP contribution in [0.3, 0.4) is 0 Å². The number of sulfonamides is 1. The van der Waals surface area contributed by atoms with Gasteiger partial charge in [-0.15, -0.1) is 0 Å². The van der Waals surface area contributed by atoms with Crippen LogP contribution in [-0.4, -0.2) is 54.5 Å². The van der Waals surface area contributed by atoms with Crippen molar-refractivity contribution in [1.29, 1.82) is 0 Å². The molecule has 1 aromatic carbocycles. The van der Waals surface area contributed by atoms with Crippen molar-refractivity contribution in [3.05, 3.63) is 71.2 Å². The lowest BCUT2D eigenvalue weighted by molar-refractivity contribution is -0.384. The number of nitro benzene ring substituents is 1. The zero-order chi connectivity index (χ0) is 21.8. The van der Waals surface area contributed by atoms with Crippen molar-refractivity contribution < 1.29 is 13.3 Å². The van der Waals surface area contributed by atoms with Gasteiger partial charge in [0.15, 0.2) is 0 Å². The Bertz CT molecular complexity index is 1150. The molecule has 0 atom stereocenters. The van der Waals surface area contributed by atoms with Gasteiger partial charge in [0, 0.05) is 44.5 Å². The average molecular weight is 441 g/mol. The maximum atomic E-state index is 12.5. The number of nitro groups is 1. The van der Waals surface area contributed by atoms with Crippen molar-refractivity contribution in [2.45, 2.75) is 4.90 Å². The molecule has 4 rings (SSSR count). The van der Waals surface area contributed by atoms with Crippen LogP contribution in [0.2, 0.25) is 0 Å². The molecule has 2 aromatic heterocycles. The lowest BCUT2D eigenvalue weighted by Crippen LogP contribution is -2.47. The van der Waals surface area contributed by atoms with E-state index in [0.29, 0.717) is 19.0 Å². The van der Waals surface area contributed by atoms with Gasteiger partial charge in [0.1, 0.15) is 5.82 Å². The third-order valence-electron chi connectivity index (χ3n) is 4.78. The minimum absolute atomic E-state index is 0.0900. The number of hydrogen-bond donors (Lipinski definition) is 1. The van der Waals surface area contributed by atoms with E-state index in [1.807, 2.05) is 23.1 Å². The van der Waals surface area contributed by atoms with Crippen molar-refractivity contribution >= 4 is 33.2 Å². The number of pyridine rings is 1. The highest BCUT2D eigenvalue weighted by Crippen LogP contribution is 2.20. The molecule has 31 heavy (non-hydrogen) atoms. The van der Waals surface area contributed by atoms with Crippen LogP contribution >= 0.6 is 0 Å². The fourth-order valence-electron chi connectivity index (χ4n) is 3.17. The molecule has 0 unspecified atom stereocenters. The highest BCUT2D eigenvalue weighted by Gasteiger charge is 2.21. The third-order valence-corrected chi connectivity index (χ3v) is 6.18. The molecule has 1 fully saturated rings. The normalized spacial score (nSPS) is 14.3. The lowest BCUT2D eigenvalue weighted by Gasteiger charge is -2.35. The third kappa shape index (κ3) is 4.69. The van der Waals surface area contributed by atoms with Gasteiger partial charge in [-0.2, -0.15) is 0 Å². The average Bonchev–Trinajstić information content (AvgIpc) is 2.80. The highest BCUT2D eigenvalue weighted by atomic mass is 32.2. The molecule has 1 N–H and O–H groups in total. The molecule has 11 nitrogen and oxygen atoms in total. The molecule has 160 valence electrons. The Morgan fingerprint density at radius 2 is 1.55 bits per heavy atom. The summed E-state index contributed by atoms with van der Waals surface area (Å²) in [4.78, 5) is 27.2. The molecule has 12 heteroatoms. The molecule has 0 amide bonds. The topological polar surface area (TPSA) is 134 Å². The van der Waals surface area contributed by atoms with Crippen LogP contribution in [-0.2, 0) is 10.0 Å². The maximum absolute atomic E-state index is 12.5. The summed E-state index contributed by atoms with van der Waals surface area (Å²) >= 11 is 0. The molecule has 1 aliphatic rings. The van der Waals surface area contributed by atoms with Gasteiger partial charge in [-0.3, -0.25) is 14.8 Å². The number of anilines is 3. The van der Waals surface area contributed by atoms with Crippen molar-refractivity contribution in [2.75, 3.05) is 40.7 Å². The molecular formula is C19H19N7O4S.